The molecule has 274 valence electrons. The SMILES string of the molecule is CCCNC(=O)C[C@@H]1C[C@@]2(CO2)[C@H](OC(C)=O)[C@@H](/C=C/C(C)=C/C[C@@H]2O[C@H](C)[C@H](NC(=O)/C=C/C(C)[C@@H]3CCCCN3C(=O)O)C[C@@H]2C)O1. The topological polar surface area (TPSA) is 156 Å². The van der Waals surface area contributed by atoms with E-state index in [2.05, 4.69) is 23.6 Å². The molecule has 4 saturated heterocycles. The van der Waals surface area contributed by atoms with Crippen molar-refractivity contribution >= 4 is 23.9 Å². The van der Waals surface area contributed by atoms with Gasteiger partial charge in [-0.25, -0.2) is 4.79 Å². The molecule has 0 bridgehead atoms. The van der Waals surface area contributed by atoms with E-state index in [0.717, 1.165) is 37.7 Å². The van der Waals surface area contributed by atoms with Gasteiger partial charge >= 0.3 is 12.1 Å². The Morgan fingerprint density at radius 2 is 1.88 bits per heavy atom. The van der Waals surface area contributed by atoms with Crippen molar-refractivity contribution in [1.29, 1.82) is 0 Å². The zero-order chi connectivity index (χ0) is 35.7. The monoisotopic (exact) mass is 687 g/mol. The molecule has 0 aromatic rings. The van der Waals surface area contributed by atoms with Gasteiger partial charge in [0.25, 0.3) is 0 Å². The van der Waals surface area contributed by atoms with E-state index in [1.165, 1.54) is 17.9 Å². The van der Waals surface area contributed by atoms with Crippen molar-refractivity contribution in [1.82, 2.24) is 15.5 Å². The maximum absolute atomic E-state index is 12.8. The van der Waals surface area contributed by atoms with Crippen LogP contribution in [0.2, 0.25) is 0 Å². The van der Waals surface area contributed by atoms with Crippen LogP contribution in [0, 0.1) is 11.8 Å². The van der Waals surface area contributed by atoms with Crippen molar-refractivity contribution in [2.24, 2.45) is 11.8 Å². The number of ether oxygens (including phenoxy) is 4. The lowest BCUT2D eigenvalue weighted by molar-refractivity contribution is -0.179. The van der Waals surface area contributed by atoms with Crippen LogP contribution < -0.4 is 10.6 Å². The number of hydrogen-bond acceptors (Lipinski definition) is 8. The fourth-order valence-corrected chi connectivity index (χ4v) is 7.35. The summed E-state index contributed by atoms with van der Waals surface area (Å²) in [5.41, 5.74) is 0.362. The van der Waals surface area contributed by atoms with Gasteiger partial charge in [-0.1, -0.05) is 50.6 Å². The molecule has 12 nitrogen and oxygen atoms in total. The maximum Gasteiger partial charge on any atom is 0.407 e. The number of amides is 3. The molecule has 4 heterocycles. The van der Waals surface area contributed by atoms with Gasteiger partial charge in [0, 0.05) is 32.5 Å². The third-order valence-corrected chi connectivity index (χ3v) is 10.3. The van der Waals surface area contributed by atoms with Crippen molar-refractivity contribution in [2.75, 3.05) is 19.7 Å². The minimum Gasteiger partial charge on any atom is -0.465 e. The first-order chi connectivity index (χ1) is 23.3. The van der Waals surface area contributed by atoms with Gasteiger partial charge in [-0.05, 0) is 70.3 Å². The average molecular weight is 688 g/mol. The molecule has 1 spiro atoms. The summed E-state index contributed by atoms with van der Waals surface area (Å²) in [5.74, 6) is -0.536. The Labute approximate surface area is 291 Å². The summed E-state index contributed by atoms with van der Waals surface area (Å²) in [6.07, 6.45) is 12.4. The Balaban J connectivity index is 1.30. The number of carboxylic acid groups (broad SMARTS) is 1. The first kappa shape index (κ1) is 38.6. The van der Waals surface area contributed by atoms with Gasteiger partial charge < -0.3 is 39.6 Å². The Bertz CT molecular complexity index is 1260. The van der Waals surface area contributed by atoms with Crippen LogP contribution in [0.1, 0.15) is 92.9 Å². The molecule has 1 unspecified atom stereocenters. The second-order valence-corrected chi connectivity index (χ2v) is 14.4. The van der Waals surface area contributed by atoms with Crippen molar-refractivity contribution < 1.29 is 43.2 Å². The summed E-state index contributed by atoms with van der Waals surface area (Å²) < 4.78 is 24.2. The number of carbonyl (C=O) groups is 4. The molecule has 0 saturated carbocycles. The minimum absolute atomic E-state index is 0.0239. The Hall–Kier alpha value is -3.22. The van der Waals surface area contributed by atoms with Crippen LogP contribution in [0.4, 0.5) is 4.79 Å². The Kier molecular flexibility index (Phi) is 13.9. The summed E-state index contributed by atoms with van der Waals surface area (Å²) in [7, 11) is 0. The van der Waals surface area contributed by atoms with Crippen LogP contribution in [0.3, 0.4) is 0 Å². The number of likely N-dealkylation sites (tertiary alicyclic amines) is 1. The predicted molar refractivity (Wildman–Crippen MR) is 184 cm³/mol. The lowest BCUT2D eigenvalue weighted by Gasteiger charge is -2.39. The summed E-state index contributed by atoms with van der Waals surface area (Å²) in [5, 5.41) is 15.5. The number of epoxide rings is 1. The number of allylic oxidation sites excluding steroid dienone is 2. The molecule has 0 aliphatic carbocycles. The molecule has 49 heavy (non-hydrogen) atoms. The van der Waals surface area contributed by atoms with Crippen LogP contribution in [-0.4, -0.2) is 102 Å². The molecular formula is C37H57N3O9. The van der Waals surface area contributed by atoms with Gasteiger partial charge in [-0.2, -0.15) is 0 Å². The van der Waals surface area contributed by atoms with Gasteiger partial charge in [0.2, 0.25) is 11.8 Å². The summed E-state index contributed by atoms with van der Waals surface area (Å²) in [4.78, 5) is 50.4. The van der Waals surface area contributed by atoms with E-state index in [9.17, 15) is 24.3 Å². The first-order valence-corrected chi connectivity index (χ1v) is 18.0. The zero-order valence-corrected chi connectivity index (χ0v) is 30.0. The molecule has 0 aromatic heterocycles. The second-order valence-electron chi connectivity index (χ2n) is 14.4. The molecule has 4 aliphatic rings. The van der Waals surface area contributed by atoms with Crippen LogP contribution in [-0.2, 0) is 33.3 Å². The highest BCUT2D eigenvalue weighted by Crippen LogP contribution is 2.45. The number of nitrogens with one attached hydrogen (secondary N) is 2. The number of esters is 1. The maximum atomic E-state index is 12.8. The van der Waals surface area contributed by atoms with Crippen LogP contribution in [0.15, 0.2) is 36.0 Å². The zero-order valence-electron chi connectivity index (χ0n) is 30.0. The molecule has 0 radical (unpaired) electrons. The highest BCUT2D eigenvalue weighted by atomic mass is 16.7. The van der Waals surface area contributed by atoms with E-state index in [0.29, 0.717) is 32.5 Å². The molecule has 10 atom stereocenters. The molecule has 4 rings (SSSR count). The molecule has 12 heteroatoms. The van der Waals surface area contributed by atoms with Crippen molar-refractivity contribution in [3.63, 3.8) is 0 Å². The summed E-state index contributed by atoms with van der Waals surface area (Å²) in [6.45, 7) is 13.0. The molecule has 0 aromatic carbocycles. The number of piperidine rings is 1. The lowest BCUT2D eigenvalue weighted by Crippen LogP contribution is -2.52. The van der Waals surface area contributed by atoms with Gasteiger partial charge in [-0.3, -0.25) is 14.4 Å². The number of rotatable bonds is 13. The highest BCUT2D eigenvalue weighted by molar-refractivity contribution is 5.87. The van der Waals surface area contributed by atoms with E-state index >= 15 is 0 Å². The minimum atomic E-state index is -0.904. The number of hydrogen-bond donors (Lipinski definition) is 3. The number of carbonyl (C=O) groups excluding carboxylic acids is 3. The fraction of sp³-hybridized carbons (Fsp3) is 0.730. The van der Waals surface area contributed by atoms with Gasteiger partial charge in [0.1, 0.15) is 11.7 Å². The third kappa shape index (κ3) is 10.9. The Morgan fingerprint density at radius 3 is 2.55 bits per heavy atom. The Morgan fingerprint density at radius 1 is 1.12 bits per heavy atom. The van der Waals surface area contributed by atoms with Crippen LogP contribution in [0.25, 0.3) is 0 Å². The van der Waals surface area contributed by atoms with Gasteiger partial charge in [-0.15, -0.1) is 0 Å². The van der Waals surface area contributed by atoms with Gasteiger partial charge in [0.05, 0.1) is 37.4 Å². The molecule has 4 aliphatic heterocycles. The van der Waals surface area contributed by atoms with E-state index in [4.69, 9.17) is 18.9 Å². The van der Waals surface area contributed by atoms with Gasteiger partial charge in [0.15, 0.2) is 6.10 Å². The smallest absolute Gasteiger partial charge is 0.407 e. The standard InChI is InChI=1S/C37H57N3O9/c1-7-17-38-34(43)20-28-21-37(22-46-37)35(48-27(6)41)32(49-28)15-12-23(2)11-14-31-25(4)19-29(26(5)47-31)39-33(42)16-13-24(3)30-10-8-9-18-40(30)36(44)45/h11-13,15-16,24-26,28-32,35H,7-10,14,17-22H2,1-6H3,(H,38,43)(H,39,42)(H,44,45)/b15-12+,16-13+,23-11+/t24?,25-,26+,28+,29+,30-,31-,32+,35+,37+/m0/s1. The van der Waals surface area contributed by atoms with Crippen molar-refractivity contribution in [2.45, 2.75) is 141 Å². The molecular weight excluding hydrogens is 630 g/mol. The normalized spacial score (nSPS) is 34.2. The van der Waals surface area contributed by atoms with Crippen LogP contribution in [0.5, 0.6) is 0 Å². The molecule has 3 amide bonds. The third-order valence-electron chi connectivity index (χ3n) is 10.3. The van der Waals surface area contributed by atoms with E-state index < -0.39 is 29.9 Å². The lowest BCUT2D eigenvalue weighted by atomic mass is 9.87. The van der Waals surface area contributed by atoms with Crippen molar-refractivity contribution in [3.8, 4) is 0 Å². The first-order valence-electron chi connectivity index (χ1n) is 18.0. The van der Waals surface area contributed by atoms with E-state index in [1.807, 2.05) is 45.9 Å². The molecule has 3 N–H and O–H groups in total. The van der Waals surface area contributed by atoms with E-state index in [-0.39, 0.29) is 60.5 Å². The molecule has 4 fully saturated rings. The quantitative estimate of drug-likeness (QED) is 0.108. The average Bonchev–Trinajstić information content (AvgIpc) is 3.83. The number of nitrogens with zero attached hydrogens (tertiary/aromatic N) is 1. The fourth-order valence-electron chi connectivity index (χ4n) is 7.35. The van der Waals surface area contributed by atoms with Crippen LogP contribution >= 0.6 is 0 Å². The largest absolute Gasteiger partial charge is 0.465 e. The summed E-state index contributed by atoms with van der Waals surface area (Å²) in [6, 6.07) is -0.251. The van der Waals surface area contributed by atoms with E-state index in [1.54, 1.807) is 0 Å². The predicted octanol–water partition coefficient (Wildman–Crippen LogP) is 4.68. The second kappa shape index (κ2) is 17.6. The summed E-state index contributed by atoms with van der Waals surface area (Å²) >= 11 is 0. The highest BCUT2D eigenvalue weighted by Gasteiger charge is 2.60. The van der Waals surface area contributed by atoms with Crippen molar-refractivity contribution in [3.05, 3.63) is 36.0 Å².